The van der Waals surface area contributed by atoms with Crippen LogP contribution in [0.15, 0.2) is 0 Å². The maximum Gasteiger partial charge on any atom is 0.212 e. The zero-order valence-electron chi connectivity index (χ0n) is 8.01. The molecule has 0 amide bonds. The van der Waals surface area contributed by atoms with Crippen LogP contribution in [-0.4, -0.2) is 28.2 Å². The molecule has 0 aliphatic heterocycles. The first-order valence-corrected chi connectivity index (χ1v) is 4.32. The Kier molecular flexibility index (Phi) is 6.26. The maximum atomic E-state index is 10.3. The summed E-state index contributed by atoms with van der Waals surface area (Å²) in [6, 6.07) is 0. The van der Waals surface area contributed by atoms with E-state index in [1.807, 2.05) is 13.8 Å². The molecule has 0 aliphatic carbocycles. The fourth-order valence-electron chi connectivity index (χ4n) is 1.24. The van der Waals surface area contributed by atoms with Crippen LogP contribution in [-0.2, 0) is 4.89 Å². The monoisotopic (exact) mass is 191 g/mol. The van der Waals surface area contributed by atoms with E-state index in [-0.39, 0.29) is 17.4 Å². The van der Waals surface area contributed by atoms with Gasteiger partial charge in [0.2, 0.25) is 6.21 Å². The standard InChI is InChI=1S/C8H17NO4/c1-7(2)5-8(3-4-13-12)6-9(10)11/h6-8,12H,3-5H2,1-2H3,(H,10,11)/t8-/m1/s1. The van der Waals surface area contributed by atoms with Crippen LogP contribution in [0, 0.1) is 17.0 Å². The molecule has 2 N–H and O–H groups in total. The number of hydrogen-bond donors (Lipinski definition) is 2. The number of rotatable bonds is 6. The molecule has 5 nitrogen and oxygen atoms in total. The molecule has 1 atom stereocenters. The summed E-state index contributed by atoms with van der Waals surface area (Å²) in [5.41, 5.74) is 0. The quantitative estimate of drug-likeness (QED) is 0.219. The minimum atomic E-state index is -0.190. The van der Waals surface area contributed by atoms with E-state index in [2.05, 4.69) is 4.89 Å². The second kappa shape index (κ2) is 6.68. The Morgan fingerprint density at radius 3 is 2.54 bits per heavy atom. The summed E-state index contributed by atoms with van der Waals surface area (Å²) >= 11 is 0. The predicted octanol–water partition coefficient (Wildman–Crippen LogP) is 1.50. The minimum Gasteiger partial charge on any atom is -0.418 e. The van der Waals surface area contributed by atoms with Crippen molar-refractivity contribution in [2.24, 2.45) is 11.8 Å². The SMILES string of the molecule is CC(C)C[C@H](C=[N+]([O-])O)CCOO. The normalized spacial score (nSPS) is 14.9. The first-order chi connectivity index (χ1) is 6.06. The van der Waals surface area contributed by atoms with Gasteiger partial charge in [0.05, 0.1) is 6.61 Å². The first-order valence-electron chi connectivity index (χ1n) is 4.32. The van der Waals surface area contributed by atoms with Crippen LogP contribution in [0.4, 0.5) is 0 Å². The summed E-state index contributed by atoms with van der Waals surface area (Å²) in [5.74, 6) is 0.370. The van der Waals surface area contributed by atoms with Gasteiger partial charge in [0.25, 0.3) is 0 Å². The molecule has 0 aromatic rings. The molecule has 0 unspecified atom stereocenters. The van der Waals surface area contributed by atoms with Gasteiger partial charge in [-0.2, -0.15) is 0 Å². The van der Waals surface area contributed by atoms with Crippen LogP contribution < -0.4 is 0 Å². The van der Waals surface area contributed by atoms with Gasteiger partial charge in [-0.1, -0.05) is 13.8 Å². The van der Waals surface area contributed by atoms with Crippen molar-refractivity contribution in [3.63, 3.8) is 0 Å². The van der Waals surface area contributed by atoms with Gasteiger partial charge in [-0.3, -0.25) is 10.5 Å². The van der Waals surface area contributed by atoms with Gasteiger partial charge >= 0.3 is 0 Å². The Bertz CT molecular complexity index is 154. The third-order valence-corrected chi connectivity index (χ3v) is 1.69. The van der Waals surface area contributed by atoms with E-state index in [0.29, 0.717) is 12.3 Å². The third-order valence-electron chi connectivity index (χ3n) is 1.69. The second-order valence-electron chi connectivity index (χ2n) is 3.46. The van der Waals surface area contributed by atoms with Crippen LogP contribution in [0.25, 0.3) is 0 Å². The Hall–Kier alpha value is -0.810. The fourth-order valence-corrected chi connectivity index (χ4v) is 1.24. The lowest BCUT2D eigenvalue weighted by Crippen LogP contribution is -2.14. The van der Waals surface area contributed by atoms with Crippen molar-refractivity contribution in [2.45, 2.75) is 26.7 Å². The van der Waals surface area contributed by atoms with E-state index in [9.17, 15) is 5.21 Å². The Labute approximate surface area is 77.7 Å². The van der Waals surface area contributed by atoms with Gasteiger partial charge < -0.3 is 5.21 Å². The molecule has 0 aromatic carbocycles. The van der Waals surface area contributed by atoms with Gasteiger partial charge in [-0.15, -0.1) is 0 Å². The highest BCUT2D eigenvalue weighted by Gasteiger charge is 2.13. The molecular weight excluding hydrogens is 174 g/mol. The van der Waals surface area contributed by atoms with Gasteiger partial charge in [-0.05, 0) is 18.8 Å². The molecule has 5 heteroatoms. The summed E-state index contributed by atoms with van der Waals surface area (Å²) < 4.78 is 0. The van der Waals surface area contributed by atoms with Crippen LogP contribution >= 0.6 is 0 Å². The van der Waals surface area contributed by atoms with Gasteiger partial charge in [0, 0.05) is 10.8 Å². The number of nitrogens with zero attached hydrogens (tertiary/aromatic N) is 1. The summed E-state index contributed by atoms with van der Waals surface area (Å²) in [6.45, 7) is 4.21. The van der Waals surface area contributed by atoms with Crippen LogP contribution in [0.2, 0.25) is 0 Å². The lowest BCUT2D eigenvalue weighted by Gasteiger charge is -2.10. The molecular formula is C8H17NO4. The Morgan fingerprint density at radius 2 is 2.15 bits per heavy atom. The summed E-state index contributed by atoms with van der Waals surface area (Å²) in [5, 5.41) is 26.9. The van der Waals surface area contributed by atoms with Crippen LogP contribution in [0.1, 0.15) is 26.7 Å². The van der Waals surface area contributed by atoms with Crippen molar-refractivity contribution in [3.8, 4) is 0 Å². The Morgan fingerprint density at radius 1 is 1.54 bits per heavy atom. The van der Waals surface area contributed by atoms with Crippen molar-refractivity contribution in [1.82, 2.24) is 0 Å². The first kappa shape index (κ1) is 12.2. The van der Waals surface area contributed by atoms with Crippen LogP contribution in [0.5, 0.6) is 0 Å². The molecule has 0 aromatic heterocycles. The third kappa shape index (κ3) is 7.55. The number of hydrogen-bond acceptors (Lipinski definition) is 4. The largest absolute Gasteiger partial charge is 0.418 e. The average Bonchev–Trinajstić information content (AvgIpc) is 1.98. The maximum absolute atomic E-state index is 10.3. The zero-order chi connectivity index (χ0) is 10.3. The van der Waals surface area contributed by atoms with Gasteiger partial charge in [-0.25, -0.2) is 4.89 Å². The van der Waals surface area contributed by atoms with Crippen molar-refractivity contribution in [1.29, 1.82) is 0 Å². The van der Waals surface area contributed by atoms with Crippen molar-refractivity contribution in [2.75, 3.05) is 6.61 Å². The fraction of sp³-hybridized carbons (Fsp3) is 0.875. The molecule has 0 radical (unpaired) electrons. The highest BCUT2D eigenvalue weighted by molar-refractivity contribution is 5.54. The second-order valence-corrected chi connectivity index (χ2v) is 3.46. The molecule has 0 rings (SSSR count). The molecule has 0 fully saturated rings. The minimum absolute atomic E-state index is 0.0605. The van der Waals surface area contributed by atoms with E-state index < -0.39 is 0 Å². The molecule has 0 bridgehead atoms. The smallest absolute Gasteiger partial charge is 0.212 e. The highest BCUT2D eigenvalue weighted by Crippen LogP contribution is 2.13. The van der Waals surface area contributed by atoms with E-state index in [4.69, 9.17) is 10.5 Å². The van der Waals surface area contributed by atoms with E-state index >= 15 is 0 Å². The van der Waals surface area contributed by atoms with Gasteiger partial charge in [0.15, 0.2) is 0 Å². The lowest BCUT2D eigenvalue weighted by atomic mass is 9.96. The molecule has 0 aliphatic rings. The van der Waals surface area contributed by atoms with Crippen LogP contribution in [0.3, 0.4) is 0 Å². The highest BCUT2D eigenvalue weighted by atomic mass is 17.1. The zero-order valence-corrected chi connectivity index (χ0v) is 8.01. The molecule has 0 saturated heterocycles. The molecule has 13 heavy (non-hydrogen) atoms. The summed E-state index contributed by atoms with van der Waals surface area (Å²) in [4.78, 5) is 3.72. The summed E-state index contributed by atoms with van der Waals surface area (Å²) in [6.07, 6.45) is 2.48. The van der Waals surface area contributed by atoms with E-state index in [1.54, 1.807) is 0 Å². The Balaban J connectivity index is 3.95. The average molecular weight is 191 g/mol. The van der Waals surface area contributed by atoms with Gasteiger partial charge in [0.1, 0.15) is 0 Å². The van der Waals surface area contributed by atoms with E-state index in [1.165, 1.54) is 6.21 Å². The van der Waals surface area contributed by atoms with Crippen molar-refractivity contribution in [3.05, 3.63) is 5.21 Å². The van der Waals surface area contributed by atoms with Crippen molar-refractivity contribution >= 4 is 6.21 Å². The van der Waals surface area contributed by atoms with E-state index in [0.717, 1.165) is 6.42 Å². The molecule has 0 spiro atoms. The molecule has 78 valence electrons. The predicted molar refractivity (Wildman–Crippen MR) is 47.6 cm³/mol. The summed E-state index contributed by atoms with van der Waals surface area (Å²) in [7, 11) is 0. The lowest BCUT2D eigenvalue weighted by molar-refractivity contribution is -0.724. The van der Waals surface area contributed by atoms with Crippen molar-refractivity contribution < 1.29 is 20.3 Å². The molecule has 0 saturated carbocycles. The topological polar surface area (TPSA) is 75.8 Å². The molecule has 0 heterocycles.